The average molecular weight is 260 g/mol. The van der Waals surface area contributed by atoms with E-state index in [9.17, 15) is 4.39 Å². The van der Waals surface area contributed by atoms with Crippen LogP contribution in [0.15, 0.2) is 30.1 Å². The number of halogens is 1. The summed E-state index contributed by atoms with van der Waals surface area (Å²) in [5.74, 6) is 0.615. The van der Waals surface area contributed by atoms with Crippen molar-refractivity contribution in [2.75, 3.05) is 0 Å². The molecule has 0 amide bonds. The number of aryl methyl sites for hydroxylation is 1. The molecule has 0 saturated heterocycles. The van der Waals surface area contributed by atoms with Gasteiger partial charge in [0.1, 0.15) is 5.82 Å². The molecule has 100 valence electrons. The fourth-order valence-electron chi connectivity index (χ4n) is 2.62. The highest BCUT2D eigenvalue weighted by Crippen LogP contribution is 2.33. The van der Waals surface area contributed by atoms with Gasteiger partial charge in [-0.15, -0.1) is 0 Å². The van der Waals surface area contributed by atoms with Gasteiger partial charge in [0.2, 0.25) is 0 Å². The summed E-state index contributed by atoms with van der Waals surface area (Å²) in [5.41, 5.74) is 3.03. The Balaban J connectivity index is 2.23. The molecule has 1 aromatic carbocycles. The van der Waals surface area contributed by atoms with E-state index in [1.807, 2.05) is 24.7 Å². The lowest BCUT2D eigenvalue weighted by molar-refractivity contribution is 0.190. The van der Waals surface area contributed by atoms with E-state index in [1.54, 1.807) is 12.1 Å². The second-order valence-electron chi connectivity index (χ2n) is 4.88. The minimum atomic E-state index is -0.224. The van der Waals surface area contributed by atoms with Crippen LogP contribution in [-0.2, 0) is 11.8 Å². The highest BCUT2D eigenvalue weighted by atomic mass is 19.1. The van der Waals surface area contributed by atoms with Gasteiger partial charge in [0.05, 0.1) is 5.70 Å². The maximum atomic E-state index is 13.5. The van der Waals surface area contributed by atoms with Crippen LogP contribution in [0.3, 0.4) is 0 Å². The van der Waals surface area contributed by atoms with E-state index in [-0.39, 0.29) is 12.0 Å². The zero-order valence-electron chi connectivity index (χ0n) is 11.3. The molecular formula is C15H17FN2O. The lowest BCUT2D eigenvalue weighted by atomic mass is 10.1. The first-order valence-electron chi connectivity index (χ1n) is 6.51. The Bertz CT molecular complexity index is 672. The number of benzene rings is 1. The third kappa shape index (κ3) is 1.87. The predicted molar refractivity (Wildman–Crippen MR) is 73.8 cm³/mol. The lowest BCUT2D eigenvalue weighted by Crippen LogP contribution is -2.19. The first kappa shape index (κ1) is 12.1. The standard InChI is InChI=1S/C15H17FN2O/c1-4-13-15(19-9(2)17-13)12-8-18(3)14-6-5-10(16)7-11(12)14/h5-9,17H,4H2,1-3H3. The number of nitrogens with zero attached hydrogens (tertiary/aromatic N) is 1. The molecule has 2 aromatic rings. The number of rotatable bonds is 2. The van der Waals surface area contributed by atoms with Crippen molar-refractivity contribution >= 4 is 16.7 Å². The van der Waals surface area contributed by atoms with Crippen molar-refractivity contribution in [2.24, 2.45) is 7.05 Å². The number of allylic oxidation sites excluding steroid dienone is 1. The number of fused-ring (bicyclic) bond motifs is 1. The third-order valence-electron chi connectivity index (χ3n) is 3.50. The maximum absolute atomic E-state index is 13.5. The molecule has 0 saturated carbocycles. The van der Waals surface area contributed by atoms with Crippen molar-refractivity contribution in [3.8, 4) is 0 Å². The van der Waals surface area contributed by atoms with Gasteiger partial charge < -0.3 is 14.6 Å². The molecule has 1 unspecified atom stereocenters. The Hall–Kier alpha value is -1.97. The number of ether oxygens (including phenoxy) is 1. The van der Waals surface area contributed by atoms with E-state index in [0.717, 1.165) is 34.3 Å². The van der Waals surface area contributed by atoms with Gasteiger partial charge in [-0.05, 0) is 31.5 Å². The molecular weight excluding hydrogens is 243 g/mol. The van der Waals surface area contributed by atoms with E-state index in [1.165, 1.54) is 6.07 Å². The first-order chi connectivity index (χ1) is 9.10. The highest BCUT2D eigenvalue weighted by molar-refractivity contribution is 5.92. The summed E-state index contributed by atoms with van der Waals surface area (Å²) < 4.78 is 21.3. The molecule has 1 N–H and O–H groups in total. The fourth-order valence-corrected chi connectivity index (χ4v) is 2.62. The van der Waals surface area contributed by atoms with Gasteiger partial charge in [0.25, 0.3) is 0 Å². The van der Waals surface area contributed by atoms with Crippen LogP contribution in [0, 0.1) is 5.82 Å². The number of hydrogen-bond acceptors (Lipinski definition) is 2. The molecule has 19 heavy (non-hydrogen) atoms. The smallest absolute Gasteiger partial charge is 0.167 e. The molecule has 0 bridgehead atoms. The van der Waals surface area contributed by atoms with Crippen LogP contribution < -0.4 is 5.32 Å². The number of hydrogen-bond donors (Lipinski definition) is 1. The molecule has 3 nitrogen and oxygen atoms in total. The summed E-state index contributed by atoms with van der Waals surface area (Å²) in [6, 6.07) is 4.85. The molecule has 1 aliphatic heterocycles. The molecule has 3 rings (SSSR count). The lowest BCUT2D eigenvalue weighted by Gasteiger charge is -2.06. The van der Waals surface area contributed by atoms with Gasteiger partial charge >= 0.3 is 0 Å². The van der Waals surface area contributed by atoms with Crippen LogP contribution in [0.1, 0.15) is 25.8 Å². The van der Waals surface area contributed by atoms with Crippen molar-refractivity contribution in [1.29, 1.82) is 0 Å². The van der Waals surface area contributed by atoms with Crippen molar-refractivity contribution in [3.05, 3.63) is 41.5 Å². The Morgan fingerprint density at radius 3 is 2.95 bits per heavy atom. The normalized spacial score (nSPS) is 18.8. The molecule has 0 aliphatic carbocycles. The molecule has 0 spiro atoms. The van der Waals surface area contributed by atoms with Gasteiger partial charge in [-0.25, -0.2) is 4.39 Å². The first-order valence-corrected chi connectivity index (χ1v) is 6.51. The number of aromatic nitrogens is 1. The Morgan fingerprint density at radius 2 is 2.21 bits per heavy atom. The van der Waals surface area contributed by atoms with Gasteiger partial charge in [-0.2, -0.15) is 0 Å². The SMILES string of the molecule is CCC1=C(c2cn(C)c3ccc(F)cc23)OC(C)N1. The minimum absolute atomic E-state index is 0.0336. The molecule has 1 atom stereocenters. The summed E-state index contributed by atoms with van der Waals surface area (Å²) in [5, 5.41) is 4.18. The van der Waals surface area contributed by atoms with E-state index in [2.05, 4.69) is 12.2 Å². The second kappa shape index (κ2) is 4.30. The van der Waals surface area contributed by atoms with Crippen molar-refractivity contribution < 1.29 is 9.13 Å². The molecule has 2 heterocycles. The monoisotopic (exact) mass is 260 g/mol. The molecule has 1 aliphatic rings. The van der Waals surface area contributed by atoms with E-state index in [0.29, 0.717) is 0 Å². The van der Waals surface area contributed by atoms with Gasteiger partial charge in [0, 0.05) is 29.7 Å². The van der Waals surface area contributed by atoms with E-state index < -0.39 is 0 Å². The summed E-state index contributed by atoms with van der Waals surface area (Å²) in [6.07, 6.45) is 2.83. The van der Waals surface area contributed by atoms with Crippen molar-refractivity contribution in [1.82, 2.24) is 9.88 Å². The Kier molecular flexibility index (Phi) is 2.73. The van der Waals surface area contributed by atoms with Crippen molar-refractivity contribution in [3.63, 3.8) is 0 Å². The molecule has 0 radical (unpaired) electrons. The predicted octanol–water partition coefficient (Wildman–Crippen LogP) is 3.36. The summed E-state index contributed by atoms with van der Waals surface area (Å²) in [4.78, 5) is 0. The quantitative estimate of drug-likeness (QED) is 0.896. The van der Waals surface area contributed by atoms with Crippen LogP contribution in [0.5, 0.6) is 0 Å². The highest BCUT2D eigenvalue weighted by Gasteiger charge is 2.24. The number of nitrogens with one attached hydrogen (secondary N) is 1. The summed E-state index contributed by atoms with van der Waals surface area (Å²) in [6.45, 7) is 4.05. The zero-order chi connectivity index (χ0) is 13.6. The maximum Gasteiger partial charge on any atom is 0.167 e. The van der Waals surface area contributed by atoms with Crippen LogP contribution in [0.2, 0.25) is 0 Å². The summed E-state index contributed by atoms with van der Waals surface area (Å²) >= 11 is 0. The second-order valence-corrected chi connectivity index (χ2v) is 4.88. The van der Waals surface area contributed by atoms with Gasteiger partial charge in [-0.1, -0.05) is 6.92 Å². The van der Waals surface area contributed by atoms with Gasteiger partial charge in [-0.3, -0.25) is 0 Å². The third-order valence-corrected chi connectivity index (χ3v) is 3.50. The summed E-state index contributed by atoms with van der Waals surface area (Å²) in [7, 11) is 1.96. The average Bonchev–Trinajstić information content (AvgIpc) is 2.90. The topological polar surface area (TPSA) is 26.2 Å². The Labute approximate surface area is 111 Å². The fraction of sp³-hybridized carbons (Fsp3) is 0.333. The van der Waals surface area contributed by atoms with E-state index in [4.69, 9.17) is 4.74 Å². The van der Waals surface area contributed by atoms with E-state index >= 15 is 0 Å². The molecule has 1 aromatic heterocycles. The zero-order valence-corrected chi connectivity index (χ0v) is 11.3. The van der Waals surface area contributed by atoms with Gasteiger partial charge in [0.15, 0.2) is 12.0 Å². The minimum Gasteiger partial charge on any atom is -0.469 e. The largest absolute Gasteiger partial charge is 0.469 e. The van der Waals surface area contributed by atoms with Crippen molar-refractivity contribution in [2.45, 2.75) is 26.5 Å². The Morgan fingerprint density at radius 1 is 1.42 bits per heavy atom. The van der Waals surface area contributed by atoms with Crippen LogP contribution in [-0.4, -0.2) is 10.8 Å². The van der Waals surface area contributed by atoms with Crippen LogP contribution in [0.25, 0.3) is 16.7 Å². The molecule has 4 heteroatoms. The van der Waals surface area contributed by atoms with Crippen LogP contribution in [0.4, 0.5) is 4.39 Å². The van der Waals surface area contributed by atoms with Crippen LogP contribution >= 0.6 is 0 Å². The molecule has 0 fully saturated rings.